The zero-order chi connectivity index (χ0) is 27.2. The summed E-state index contributed by atoms with van der Waals surface area (Å²) in [5.74, 6) is 0.530. The number of methoxy groups -OCH3 is 3. The van der Waals surface area contributed by atoms with Gasteiger partial charge in [0.1, 0.15) is 0 Å². The minimum Gasteiger partial charge on any atom is -0.504 e. The first-order valence-corrected chi connectivity index (χ1v) is 13.6. The Hall–Kier alpha value is -2.50. The number of hydrogen-bond donors (Lipinski definition) is 1. The first-order valence-electron chi connectivity index (χ1n) is 13.6. The van der Waals surface area contributed by atoms with E-state index in [0.717, 1.165) is 56.1 Å². The van der Waals surface area contributed by atoms with Crippen molar-refractivity contribution in [1.29, 1.82) is 0 Å². The molecule has 4 aliphatic rings. The Bertz CT molecular complexity index is 1220. The van der Waals surface area contributed by atoms with E-state index in [-0.39, 0.29) is 39.5 Å². The molecule has 6 heteroatoms. The molecule has 6 atom stereocenters. The highest BCUT2D eigenvalue weighted by molar-refractivity contribution is 6.11. The van der Waals surface area contributed by atoms with Crippen LogP contribution in [0.3, 0.4) is 0 Å². The van der Waals surface area contributed by atoms with Crippen LogP contribution in [0, 0.1) is 27.6 Å². The zero-order valence-electron chi connectivity index (χ0n) is 23.7. The smallest absolute Gasteiger partial charge is 0.311 e. The van der Waals surface area contributed by atoms with Crippen molar-refractivity contribution < 1.29 is 28.9 Å². The van der Waals surface area contributed by atoms with Crippen LogP contribution in [0.15, 0.2) is 17.7 Å². The number of ether oxygens (including phenoxy) is 3. The number of ketones is 1. The van der Waals surface area contributed by atoms with Crippen molar-refractivity contribution in [3.8, 4) is 17.2 Å². The fourth-order valence-corrected chi connectivity index (χ4v) is 9.07. The quantitative estimate of drug-likeness (QED) is 0.476. The Kier molecular flexibility index (Phi) is 5.65. The van der Waals surface area contributed by atoms with Gasteiger partial charge in [0.25, 0.3) is 0 Å². The predicted molar refractivity (Wildman–Crippen MR) is 141 cm³/mol. The molecular weight excluding hydrogens is 468 g/mol. The van der Waals surface area contributed by atoms with Crippen LogP contribution < -0.4 is 9.47 Å². The summed E-state index contributed by atoms with van der Waals surface area (Å²) in [6.45, 7) is 11.5. The summed E-state index contributed by atoms with van der Waals surface area (Å²) in [6.07, 6.45) is 8.37. The topological polar surface area (TPSA) is 82.1 Å². The molecule has 0 unspecified atom stereocenters. The van der Waals surface area contributed by atoms with Crippen molar-refractivity contribution in [3.05, 3.63) is 28.8 Å². The maximum atomic E-state index is 13.7. The molecule has 1 aromatic carbocycles. The molecular formula is C31H42O6. The van der Waals surface area contributed by atoms with Crippen LogP contribution in [-0.2, 0) is 14.9 Å². The van der Waals surface area contributed by atoms with Gasteiger partial charge in [-0.2, -0.15) is 0 Å². The number of phenolic OH excluding ortho intramolecular Hbond substituents is 1. The van der Waals surface area contributed by atoms with Crippen LogP contribution in [-0.4, -0.2) is 38.2 Å². The van der Waals surface area contributed by atoms with E-state index in [1.165, 1.54) is 14.2 Å². The Morgan fingerprint density at radius 3 is 2.24 bits per heavy atom. The monoisotopic (exact) mass is 510 g/mol. The molecule has 5 rings (SSSR count). The van der Waals surface area contributed by atoms with Gasteiger partial charge in [0.2, 0.25) is 5.75 Å². The second-order valence-electron chi connectivity index (χ2n) is 13.4. The lowest BCUT2D eigenvalue weighted by atomic mass is 9.34. The van der Waals surface area contributed by atoms with Crippen molar-refractivity contribution in [2.75, 3.05) is 21.3 Å². The van der Waals surface area contributed by atoms with Gasteiger partial charge >= 0.3 is 5.97 Å². The average molecular weight is 511 g/mol. The molecule has 202 valence electrons. The molecule has 0 aliphatic heterocycles. The summed E-state index contributed by atoms with van der Waals surface area (Å²) in [6, 6.07) is 1.90. The highest BCUT2D eigenvalue weighted by Crippen LogP contribution is 2.74. The third-order valence-electron chi connectivity index (χ3n) is 11.7. The van der Waals surface area contributed by atoms with E-state index in [4.69, 9.17) is 14.2 Å². The first kappa shape index (κ1) is 26.1. The largest absolute Gasteiger partial charge is 0.504 e. The number of allylic oxidation sites excluding steroid dienone is 2. The molecule has 0 amide bonds. The average Bonchev–Trinajstić information content (AvgIpc) is 2.87. The zero-order valence-corrected chi connectivity index (χ0v) is 23.7. The lowest BCUT2D eigenvalue weighted by Gasteiger charge is -2.69. The van der Waals surface area contributed by atoms with Crippen LogP contribution in [0.5, 0.6) is 17.2 Å². The molecule has 3 fully saturated rings. The van der Waals surface area contributed by atoms with E-state index in [1.807, 2.05) is 12.1 Å². The molecule has 0 heterocycles. The number of hydrogen-bond acceptors (Lipinski definition) is 6. The highest BCUT2D eigenvalue weighted by atomic mass is 16.5. The summed E-state index contributed by atoms with van der Waals surface area (Å²) in [7, 11) is 4.52. The van der Waals surface area contributed by atoms with Gasteiger partial charge in [-0.15, -0.1) is 0 Å². The van der Waals surface area contributed by atoms with Crippen molar-refractivity contribution >= 4 is 11.8 Å². The standard InChI is InChI=1S/C31H42O6/c1-27-9-10-28(2,26(34)37-8)17-22(27)31(5)14-12-29(3)18-15-20(35-6)25(36-7)24(33)23(18)19(32)16-21(29)30(31,4)13-11-27/h15-16,22,33H,9-14,17H2,1-8H3/t22-,27-,28-,29+,30-,31+/m1/s1. The SMILES string of the molecule is COC(=O)[C@]1(C)CC[C@]2(C)CC[C@]3(C)C4=CC(=O)c5c(cc(OC)c(OC)c5O)[C@]4(C)CC[C@@]3(C)[C@@H]2C1. The molecule has 0 bridgehead atoms. The third-order valence-corrected chi connectivity index (χ3v) is 11.7. The maximum absolute atomic E-state index is 13.7. The maximum Gasteiger partial charge on any atom is 0.311 e. The number of benzene rings is 1. The van der Waals surface area contributed by atoms with Gasteiger partial charge in [-0.3, -0.25) is 9.59 Å². The first-order chi connectivity index (χ1) is 17.2. The lowest BCUT2D eigenvalue weighted by molar-refractivity contribution is -0.179. The molecule has 6 nitrogen and oxygen atoms in total. The van der Waals surface area contributed by atoms with Crippen LogP contribution in [0.1, 0.15) is 95.5 Å². The summed E-state index contributed by atoms with van der Waals surface area (Å²) in [5.41, 5.74) is 1.25. The van der Waals surface area contributed by atoms with Crippen molar-refractivity contribution in [2.45, 2.75) is 85.0 Å². The van der Waals surface area contributed by atoms with Crippen LogP contribution in [0.25, 0.3) is 0 Å². The molecule has 1 N–H and O–H groups in total. The van der Waals surface area contributed by atoms with Gasteiger partial charge < -0.3 is 19.3 Å². The van der Waals surface area contributed by atoms with Gasteiger partial charge in [-0.25, -0.2) is 0 Å². The predicted octanol–water partition coefficient (Wildman–Crippen LogP) is 6.38. The number of esters is 1. The van der Waals surface area contributed by atoms with Gasteiger partial charge in [-0.05, 0) is 97.3 Å². The number of carbonyl (C=O) groups excluding carboxylic acids is 2. The molecule has 0 saturated heterocycles. The van der Waals surface area contributed by atoms with Crippen molar-refractivity contribution in [2.24, 2.45) is 27.6 Å². The van der Waals surface area contributed by atoms with Crippen LogP contribution in [0.2, 0.25) is 0 Å². The van der Waals surface area contributed by atoms with Gasteiger partial charge in [0.15, 0.2) is 17.3 Å². The fourth-order valence-electron chi connectivity index (χ4n) is 9.07. The molecule has 1 aromatic rings. The second kappa shape index (κ2) is 8.00. The fraction of sp³-hybridized carbons (Fsp3) is 0.677. The number of carbonyl (C=O) groups is 2. The minimum atomic E-state index is -0.486. The summed E-state index contributed by atoms with van der Waals surface area (Å²) in [5, 5.41) is 11.1. The molecule has 37 heavy (non-hydrogen) atoms. The summed E-state index contributed by atoms with van der Waals surface area (Å²) in [4.78, 5) is 26.6. The van der Waals surface area contributed by atoms with E-state index in [0.29, 0.717) is 17.2 Å². The molecule has 0 spiro atoms. The molecule has 0 aromatic heterocycles. The molecule has 3 saturated carbocycles. The Morgan fingerprint density at radius 2 is 1.62 bits per heavy atom. The Balaban J connectivity index is 1.66. The summed E-state index contributed by atoms with van der Waals surface area (Å²) < 4.78 is 16.2. The van der Waals surface area contributed by atoms with E-state index < -0.39 is 10.8 Å². The number of rotatable bonds is 3. The van der Waals surface area contributed by atoms with Crippen LogP contribution >= 0.6 is 0 Å². The van der Waals surface area contributed by atoms with E-state index in [2.05, 4.69) is 34.6 Å². The van der Waals surface area contributed by atoms with E-state index in [1.54, 1.807) is 7.11 Å². The number of fused-ring (bicyclic) bond motifs is 7. The third kappa shape index (κ3) is 3.16. The van der Waals surface area contributed by atoms with Gasteiger partial charge in [-0.1, -0.05) is 27.7 Å². The number of aromatic hydroxyl groups is 1. The highest BCUT2D eigenvalue weighted by Gasteiger charge is 2.67. The van der Waals surface area contributed by atoms with Crippen molar-refractivity contribution in [1.82, 2.24) is 0 Å². The van der Waals surface area contributed by atoms with Gasteiger partial charge in [0.05, 0.1) is 32.3 Å². The minimum absolute atomic E-state index is 0.0859. The Morgan fingerprint density at radius 1 is 0.946 bits per heavy atom. The molecule has 0 radical (unpaired) electrons. The van der Waals surface area contributed by atoms with Crippen molar-refractivity contribution in [3.63, 3.8) is 0 Å². The lowest BCUT2D eigenvalue weighted by Crippen LogP contribution is -2.62. The second-order valence-corrected chi connectivity index (χ2v) is 13.4. The number of phenols is 1. The Labute approximate surface area is 220 Å². The van der Waals surface area contributed by atoms with E-state index in [9.17, 15) is 14.7 Å². The van der Waals surface area contributed by atoms with Crippen LogP contribution in [0.4, 0.5) is 0 Å². The normalized spacial score (nSPS) is 40.4. The van der Waals surface area contributed by atoms with Gasteiger partial charge in [0, 0.05) is 5.41 Å². The summed E-state index contributed by atoms with van der Waals surface area (Å²) >= 11 is 0. The molecule has 4 aliphatic carbocycles. The van der Waals surface area contributed by atoms with E-state index >= 15 is 0 Å².